The molecule has 1 aromatic carbocycles. The third-order valence-corrected chi connectivity index (χ3v) is 5.67. The van der Waals surface area contributed by atoms with E-state index in [-0.39, 0.29) is 0 Å². The van der Waals surface area contributed by atoms with Crippen molar-refractivity contribution in [2.24, 2.45) is 0 Å². The van der Waals surface area contributed by atoms with Crippen LogP contribution in [-0.4, -0.2) is 56.3 Å². The van der Waals surface area contributed by atoms with Crippen LogP contribution in [0.15, 0.2) is 30.3 Å². The molecule has 18 heavy (non-hydrogen) atoms. The first-order chi connectivity index (χ1) is 8.22. The molecule has 0 aliphatic heterocycles. The van der Waals surface area contributed by atoms with Gasteiger partial charge in [-0.05, 0) is 54.4 Å². The van der Waals surface area contributed by atoms with E-state index in [1.165, 1.54) is 0 Å². The van der Waals surface area contributed by atoms with Crippen molar-refractivity contribution in [2.45, 2.75) is 0 Å². The van der Waals surface area contributed by atoms with Gasteiger partial charge in [-0.25, -0.2) is 14.0 Å². The molecule has 0 aromatic heterocycles. The summed E-state index contributed by atoms with van der Waals surface area (Å²) >= 11 is 5.54. The van der Waals surface area contributed by atoms with E-state index in [2.05, 4.69) is 0 Å². The van der Waals surface area contributed by atoms with E-state index in [1.54, 1.807) is 14.0 Å². The van der Waals surface area contributed by atoms with Crippen LogP contribution in [0.4, 0.5) is 0 Å². The van der Waals surface area contributed by atoms with Crippen molar-refractivity contribution in [3.8, 4) is 0 Å². The van der Waals surface area contributed by atoms with Gasteiger partial charge in [-0.15, -0.1) is 0 Å². The van der Waals surface area contributed by atoms with Crippen molar-refractivity contribution < 1.29 is 4.57 Å². The molecule has 0 radical (unpaired) electrons. The molecule has 0 amide bonds. The summed E-state index contributed by atoms with van der Waals surface area (Å²) in [6.07, 6.45) is 0. The first-order valence-corrected chi connectivity index (χ1v) is 7.51. The predicted molar refractivity (Wildman–Crippen MR) is 80.1 cm³/mol. The summed E-state index contributed by atoms with van der Waals surface area (Å²) in [5, 5.41) is 0.794. The summed E-state index contributed by atoms with van der Waals surface area (Å²) in [6.45, 7) is 0. The molecule has 0 aliphatic rings. The summed E-state index contributed by atoms with van der Waals surface area (Å²) in [5.41, 5.74) is 0. The molecule has 0 aliphatic carbocycles. The lowest BCUT2D eigenvalue weighted by atomic mass is 10.4. The van der Waals surface area contributed by atoms with Crippen molar-refractivity contribution in [1.29, 1.82) is 0 Å². The summed E-state index contributed by atoms with van der Waals surface area (Å²) in [6, 6.07) is 9.44. The van der Waals surface area contributed by atoms with E-state index in [4.69, 9.17) is 11.6 Å². The lowest BCUT2D eigenvalue weighted by molar-refractivity contribution is 0.383. The Hall–Kier alpha value is -0.380. The van der Waals surface area contributed by atoms with Crippen molar-refractivity contribution in [3.05, 3.63) is 35.4 Å². The molecule has 1 rings (SSSR count). The second-order valence-corrected chi connectivity index (χ2v) is 8.21. The van der Waals surface area contributed by atoms with Crippen LogP contribution < -0.4 is 0 Å². The normalized spacial score (nSPS) is 11.7. The van der Waals surface area contributed by atoms with Gasteiger partial charge in [0.05, 0.1) is 0 Å². The quantitative estimate of drug-likeness (QED) is 0.800. The third kappa shape index (κ3) is 5.09. The van der Waals surface area contributed by atoms with E-state index >= 15 is 0 Å². The first kappa shape index (κ1) is 17.6. The van der Waals surface area contributed by atoms with Crippen LogP contribution in [0.2, 0.25) is 5.02 Å². The summed E-state index contributed by atoms with van der Waals surface area (Å²) < 4.78 is 17.3. The second kappa shape index (κ2) is 7.93. The molecule has 4 nitrogen and oxygen atoms in total. The fraction of sp³-hybridized carbons (Fsp3) is 0.500. The Morgan fingerprint density at radius 3 is 1.28 bits per heavy atom. The Labute approximate surface area is 116 Å². The van der Waals surface area contributed by atoms with Gasteiger partial charge in [0.2, 0.25) is 0 Å². The molecule has 0 N–H and O–H groups in total. The van der Waals surface area contributed by atoms with Crippen LogP contribution in [0.3, 0.4) is 0 Å². The van der Waals surface area contributed by atoms with Gasteiger partial charge in [0.1, 0.15) is 0 Å². The monoisotopic (exact) mass is 291 g/mol. The Balaban J connectivity index is 0.000000351. The highest BCUT2D eigenvalue weighted by atomic mass is 35.5. The number of nitrogens with zero attached hydrogens (tertiary/aromatic N) is 3. The Bertz CT molecular complexity index is 354. The fourth-order valence-corrected chi connectivity index (χ4v) is 3.78. The zero-order valence-electron chi connectivity index (χ0n) is 12.0. The van der Waals surface area contributed by atoms with E-state index in [0.717, 1.165) is 5.02 Å². The van der Waals surface area contributed by atoms with Crippen LogP contribution in [0.1, 0.15) is 0 Å². The SMILES string of the molecule is CN(C)P(=O)(N(C)C)N(C)C.Clc1ccccc1. The number of hydrogen-bond acceptors (Lipinski definition) is 1. The van der Waals surface area contributed by atoms with Crippen LogP contribution in [0.5, 0.6) is 0 Å². The molecule has 0 bridgehead atoms. The van der Waals surface area contributed by atoms with E-state index in [9.17, 15) is 4.57 Å². The summed E-state index contributed by atoms with van der Waals surface area (Å²) in [5.74, 6) is 0. The summed E-state index contributed by atoms with van der Waals surface area (Å²) in [4.78, 5) is 0. The van der Waals surface area contributed by atoms with Crippen molar-refractivity contribution in [3.63, 3.8) is 0 Å². The maximum absolute atomic E-state index is 12.1. The third-order valence-electron chi connectivity index (χ3n) is 2.30. The first-order valence-electron chi connectivity index (χ1n) is 5.57. The molecule has 0 spiro atoms. The summed E-state index contributed by atoms with van der Waals surface area (Å²) in [7, 11) is 8.49. The highest BCUT2D eigenvalue weighted by Crippen LogP contribution is 2.50. The zero-order chi connectivity index (χ0) is 14.3. The molecule has 0 unspecified atom stereocenters. The molecule has 0 fully saturated rings. The molecule has 0 saturated heterocycles. The maximum atomic E-state index is 12.1. The van der Waals surface area contributed by atoms with Gasteiger partial charge in [-0.3, -0.25) is 4.57 Å². The van der Waals surface area contributed by atoms with Crippen LogP contribution in [-0.2, 0) is 4.57 Å². The number of rotatable bonds is 3. The smallest absolute Gasteiger partial charge is 0.270 e. The average Bonchev–Trinajstić information content (AvgIpc) is 2.28. The lowest BCUT2D eigenvalue weighted by Gasteiger charge is -2.34. The molecule has 1 aromatic rings. The van der Waals surface area contributed by atoms with E-state index in [0.29, 0.717) is 0 Å². The Morgan fingerprint density at radius 1 is 0.833 bits per heavy atom. The predicted octanol–water partition coefficient (Wildman–Crippen LogP) is 3.12. The average molecular weight is 292 g/mol. The fourth-order valence-electron chi connectivity index (χ4n) is 1.49. The largest absolute Gasteiger partial charge is 0.285 e. The molecule has 0 heterocycles. The zero-order valence-corrected chi connectivity index (χ0v) is 13.6. The van der Waals surface area contributed by atoms with Gasteiger partial charge in [0.15, 0.2) is 0 Å². The van der Waals surface area contributed by atoms with Gasteiger partial charge < -0.3 is 0 Å². The molecule has 0 saturated carbocycles. The number of benzene rings is 1. The highest BCUT2D eigenvalue weighted by molar-refractivity contribution is 7.56. The van der Waals surface area contributed by atoms with Gasteiger partial charge in [-0.1, -0.05) is 29.8 Å². The lowest BCUT2D eigenvalue weighted by Crippen LogP contribution is -2.30. The van der Waals surface area contributed by atoms with Crippen molar-refractivity contribution in [2.75, 3.05) is 42.3 Å². The van der Waals surface area contributed by atoms with E-state index in [1.807, 2.05) is 72.6 Å². The molecule has 104 valence electrons. The number of halogens is 1. The van der Waals surface area contributed by atoms with Gasteiger partial charge in [-0.2, -0.15) is 0 Å². The van der Waals surface area contributed by atoms with Crippen molar-refractivity contribution >= 4 is 19.2 Å². The maximum Gasteiger partial charge on any atom is 0.285 e. The standard InChI is InChI=1S/C6H5Cl.C6H18N3OP/c7-6-4-2-1-3-5-6;1-7(2)11(10,8(3)4)9(5)6/h1-5H;1-6H3. The van der Waals surface area contributed by atoms with Crippen LogP contribution >= 0.6 is 19.2 Å². The molecule has 6 heteroatoms. The Kier molecular flexibility index (Phi) is 7.76. The van der Waals surface area contributed by atoms with Gasteiger partial charge >= 0.3 is 0 Å². The van der Waals surface area contributed by atoms with Crippen molar-refractivity contribution in [1.82, 2.24) is 14.0 Å². The minimum Gasteiger partial charge on any atom is -0.270 e. The highest BCUT2D eigenvalue weighted by Gasteiger charge is 2.30. The molecule has 0 atom stereocenters. The molecular weight excluding hydrogens is 269 g/mol. The molecular formula is C12H23ClN3OP. The second-order valence-electron chi connectivity index (χ2n) is 4.35. The number of hydrogen-bond donors (Lipinski definition) is 0. The Morgan fingerprint density at radius 2 is 1.17 bits per heavy atom. The van der Waals surface area contributed by atoms with Crippen LogP contribution in [0.25, 0.3) is 0 Å². The topological polar surface area (TPSA) is 26.8 Å². The van der Waals surface area contributed by atoms with Gasteiger partial charge in [0, 0.05) is 5.02 Å². The minimum atomic E-state index is -2.44. The van der Waals surface area contributed by atoms with Gasteiger partial charge in [0.25, 0.3) is 7.59 Å². The van der Waals surface area contributed by atoms with Crippen LogP contribution in [0, 0.1) is 0 Å². The minimum absolute atomic E-state index is 0.794. The van der Waals surface area contributed by atoms with E-state index < -0.39 is 7.59 Å².